The number of carbonyl (C=O) groups excluding carboxylic acids is 4. The number of allylic oxidation sites excluding steroid dienone is 2. The molecule has 8 nitrogen and oxygen atoms in total. The molecule has 0 radical (unpaired) electrons. The third-order valence-corrected chi connectivity index (χ3v) is 15.9. The predicted octanol–water partition coefficient (Wildman–Crippen LogP) is 19.8. The van der Waals surface area contributed by atoms with E-state index in [-0.39, 0.29) is 45.3 Å². The summed E-state index contributed by atoms with van der Waals surface area (Å²) in [4.78, 5) is 58.4. The topological polar surface area (TPSA) is 81.2 Å². The van der Waals surface area contributed by atoms with Gasteiger partial charge in [0, 0.05) is 68.0 Å². The SMILES string of the molecule is CC(C)(C)C.CC(C)(C)C.CC(C)(C)C.CC(C)(C)C.CC(C)(C)C1CC=CC2CCCCN2C1=O.CC(C)(C)C1CC=CC2CCCN2C1=O.CC(C)(C)C1CCCC2CCCCN2C1=O.CC(C)(C)C1CCCC2CCCN2C1=O. The Bertz CT molecular complexity index is 1870. The first-order valence-corrected chi connectivity index (χ1v) is 33.6. The van der Waals surface area contributed by atoms with E-state index in [2.05, 4.69) is 238 Å². The molecule has 4 amide bonds. The second-order valence-electron chi connectivity index (χ2n) is 36.7. The van der Waals surface area contributed by atoms with E-state index < -0.39 is 0 Å². The lowest BCUT2D eigenvalue weighted by Gasteiger charge is -2.38. The average molecular weight is 1150 g/mol. The third kappa shape index (κ3) is 31.7. The molecule has 0 aromatic rings. The van der Waals surface area contributed by atoms with Gasteiger partial charge in [-0.1, -0.05) is 231 Å². The van der Waals surface area contributed by atoms with Gasteiger partial charge in [0.2, 0.25) is 23.6 Å². The fourth-order valence-corrected chi connectivity index (χ4v) is 11.9. The zero-order valence-corrected chi connectivity index (χ0v) is 59.9. The van der Waals surface area contributed by atoms with Crippen LogP contribution in [0.2, 0.25) is 0 Å². The highest BCUT2D eigenvalue weighted by Gasteiger charge is 2.43. The van der Waals surface area contributed by atoms with Gasteiger partial charge in [0.25, 0.3) is 0 Å². The van der Waals surface area contributed by atoms with Crippen LogP contribution in [0, 0.1) is 67.0 Å². The number of nitrogens with zero attached hydrogens (tertiary/aromatic N) is 4. The van der Waals surface area contributed by atoms with E-state index in [4.69, 9.17) is 0 Å². The van der Waals surface area contributed by atoms with E-state index in [9.17, 15) is 19.2 Å². The minimum Gasteiger partial charge on any atom is -0.339 e. The summed E-state index contributed by atoms with van der Waals surface area (Å²) >= 11 is 0. The Labute approximate surface area is 511 Å². The molecule has 82 heavy (non-hydrogen) atoms. The molecule has 0 aromatic carbocycles. The van der Waals surface area contributed by atoms with Crippen molar-refractivity contribution in [1.82, 2.24) is 19.6 Å². The Balaban J connectivity index is 0.000000492. The minimum atomic E-state index is 0.0771. The standard InChI is InChI=1S/C14H25NO.C14H23NO.C13H23NO.C13H21NO.4C5H12/c2*1-14(2,3)12-9-6-8-11-7-4-5-10-15(11)13(12)16;2*1-13(2,3)11-8-4-6-10-7-5-9-14(10)12(11)15;4*1-5(2,3)4/h11-12H,4-10H2,1-3H3;6,8,11-12H,4-5,7,9-10H2,1-3H3;10-11H,4-9H2,1-3H3;4,6,10-11H,5,7-9H2,1-3H3;4*1-4H3. The zero-order chi connectivity index (χ0) is 63.6. The molecule has 0 spiro atoms. The van der Waals surface area contributed by atoms with E-state index in [0.29, 0.717) is 69.5 Å². The van der Waals surface area contributed by atoms with Crippen molar-refractivity contribution >= 4 is 23.6 Å². The van der Waals surface area contributed by atoms with Crippen LogP contribution >= 0.6 is 0 Å². The van der Waals surface area contributed by atoms with Crippen LogP contribution in [0.4, 0.5) is 0 Å². The van der Waals surface area contributed by atoms with Crippen LogP contribution in [0.25, 0.3) is 0 Å². The van der Waals surface area contributed by atoms with Crippen LogP contribution in [-0.2, 0) is 19.2 Å². The first-order chi connectivity index (χ1) is 37.0. The van der Waals surface area contributed by atoms with Gasteiger partial charge in [-0.25, -0.2) is 0 Å². The quantitative estimate of drug-likeness (QED) is 0.226. The summed E-state index contributed by atoms with van der Waals surface area (Å²) in [6.07, 6.45) is 30.0. The number of hydrogen-bond donors (Lipinski definition) is 0. The molecule has 8 atom stereocenters. The van der Waals surface area contributed by atoms with Crippen LogP contribution in [0.1, 0.15) is 309 Å². The molecule has 8 heterocycles. The van der Waals surface area contributed by atoms with Gasteiger partial charge in [-0.2, -0.15) is 0 Å². The summed E-state index contributed by atoms with van der Waals surface area (Å²) in [6.45, 7) is 65.2. The lowest BCUT2D eigenvalue weighted by atomic mass is 9.77. The predicted molar refractivity (Wildman–Crippen MR) is 356 cm³/mol. The van der Waals surface area contributed by atoms with Crippen LogP contribution in [0.5, 0.6) is 0 Å². The van der Waals surface area contributed by atoms with Crippen molar-refractivity contribution in [1.29, 1.82) is 0 Å². The molecule has 8 aliphatic rings. The molecule has 0 bridgehead atoms. The Morgan fingerprint density at radius 2 is 0.512 bits per heavy atom. The van der Waals surface area contributed by atoms with Crippen LogP contribution in [-0.4, -0.2) is 93.6 Å². The number of amides is 4. The first-order valence-electron chi connectivity index (χ1n) is 33.6. The zero-order valence-electron chi connectivity index (χ0n) is 59.9. The highest BCUT2D eigenvalue weighted by Crippen LogP contribution is 2.40. The van der Waals surface area contributed by atoms with Crippen molar-refractivity contribution in [3.05, 3.63) is 24.3 Å². The lowest BCUT2D eigenvalue weighted by Crippen LogP contribution is -2.47. The fraction of sp³-hybridized carbons (Fsp3) is 0.892. The largest absolute Gasteiger partial charge is 0.339 e. The van der Waals surface area contributed by atoms with Gasteiger partial charge in [-0.15, -0.1) is 0 Å². The van der Waals surface area contributed by atoms with Gasteiger partial charge in [0.1, 0.15) is 0 Å². The normalized spacial score (nSPS) is 27.1. The van der Waals surface area contributed by atoms with Crippen molar-refractivity contribution in [3.8, 4) is 0 Å². The van der Waals surface area contributed by atoms with Crippen molar-refractivity contribution in [2.75, 3.05) is 26.2 Å². The molecule has 0 saturated carbocycles. The molecule has 8 heteroatoms. The van der Waals surface area contributed by atoms with Gasteiger partial charge in [0.15, 0.2) is 0 Å². The highest BCUT2D eigenvalue weighted by atomic mass is 16.2. The smallest absolute Gasteiger partial charge is 0.227 e. The summed E-state index contributed by atoms with van der Waals surface area (Å²) < 4.78 is 0. The van der Waals surface area contributed by atoms with Gasteiger partial charge >= 0.3 is 0 Å². The number of hydrogen-bond acceptors (Lipinski definition) is 4. The molecule has 6 fully saturated rings. The molecule has 8 aliphatic heterocycles. The Hall–Kier alpha value is -2.64. The number of fused-ring (bicyclic) bond motifs is 4. The maximum absolute atomic E-state index is 12.6. The van der Waals surface area contributed by atoms with E-state index in [1.165, 1.54) is 70.6 Å². The monoisotopic (exact) mass is 1150 g/mol. The van der Waals surface area contributed by atoms with Crippen molar-refractivity contribution in [2.24, 2.45) is 67.0 Å². The second kappa shape index (κ2) is 32.9. The molecule has 6 saturated heterocycles. The number of rotatable bonds is 0. The minimum absolute atomic E-state index is 0.0771. The van der Waals surface area contributed by atoms with Crippen LogP contribution in [0.15, 0.2) is 24.3 Å². The van der Waals surface area contributed by atoms with E-state index >= 15 is 0 Å². The first kappa shape index (κ1) is 77.4. The molecule has 0 aromatic heterocycles. The summed E-state index contributed by atoms with van der Waals surface area (Å²) in [5, 5.41) is 0. The van der Waals surface area contributed by atoms with Crippen molar-refractivity contribution in [2.45, 2.75) is 334 Å². The summed E-state index contributed by atoms with van der Waals surface area (Å²) in [5.41, 5.74) is 2.42. The maximum Gasteiger partial charge on any atom is 0.227 e. The van der Waals surface area contributed by atoms with Crippen molar-refractivity contribution in [3.63, 3.8) is 0 Å². The molecular formula is C74H140N4O4. The fourth-order valence-electron chi connectivity index (χ4n) is 11.9. The molecule has 8 rings (SSSR count). The lowest BCUT2D eigenvalue weighted by molar-refractivity contribution is -0.142. The van der Waals surface area contributed by atoms with E-state index in [0.717, 1.165) is 71.1 Å². The Morgan fingerprint density at radius 1 is 0.280 bits per heavy atom. The van der Waals surface area contributed by atoms with Crippen LogP contribution in [0.3, 0.4) is 0 Å². The summed E-state index contributed by atoms with van der Waals surface area (Å²) in [5.74, 6) is 2.44. The number of piperidine rings is 2. The van der Waals surface area contributed by atoms with Gasteiger partial charge in [0.05, 0.1) is 6.04 Å². The molecule has 0 N–H and O–H groups in total. The number of carbonyl (C=O) groups is 4. The van der Waals surface area contributed by atoms with Gasteiger partial charge in [-0.05, 0) is 146 Å². The van der Waals surface area contributed by atoms with Gasteiger partial charge in [-0.3, -0.25) is 19.2 Å². The Morgan fingerprint density at radius 3 is 0.841 bits per heavy atom. The summed E-state index contributed by atoms with van der Waals surface area (Å²) in [7, 11) is 0. The van der Waals surface area contributed by atoms with E-state index in [1.807, 2.05) is 0 Å². The van der Waals surface area contributed by atoms with Crippen molar-refractivity contribution < 1.29 is 19.2 Å². The molecule has 0 aliphatic carbocycles. The van der Waals surface area contributed by atoms with Gasteiger partial charge < -0.3 is 19.6 Å². The third-order valence-electron chi connectivity index (χ3n) is 15.9. The highest BCUT2D eigenvalue weighted by molar-refractivity contribution is 5.82. The maximum atomic E-state index is 12.6. The van der Waals surface area contributed by atoms with Crippen LogP contribution < -0.4 is 0 Å². The molecule has 480 valence electrons. The van der Waals surface area contributed by atoms with E-state index in [1.54, 1.807) is 0 Å². The molecule has 8 unspecified atom stereocenters. The Kier molecular flexibility index (Phi) is 31.1. The summed E-state index contributed by atoms with van der Waals surface area (Å²) in [6, 6.07) is 1.91. The average Bonchev–Trinajstić information content (AvgIpc) is 3.78. The molecular weight excluding hydrogens is 1010 g/mol. The second-order valence-corrected chi connectivity index (χ2v) is 36.7.